The molecule has 1 unspecified atom stereocenters. The number of amides is 1. The van der Waals surface area contributed by atoms with Gasteiger partial charge in [-0.05, 0) is 37.1 Å². The van der Waals surface area contributed by atoms with Gasteiger partial charge in [-0.25, -0.2) is 0 Å². The van der Waals surface area contributed by atoms with Gasteiger partial charge in [-0.3, -0.25) is 4.79 Å². The Bertz CT molecular complexity index is 436. The zero-order chi connectivity index (χ0) is 13.1. The third-order valence-electron chi connectivity index (χ3n) is 3.56. The lowest BCUT2D eigenvalue weighted by Crippen LogP contribution is -2.35. The molecule has 98 valence electrons. The van der Waals surface area contributed by atoms with Gasteiger partial charge in [0.2, 0.25) is 5.91 Å². The largest absolute Gasteiger partial charge is 0.349 e. The van der Waals surface area contributed by atoms with Gasteiger partial charge in [-0.1, -0.05) is 30.7 Å². The molecule has 1 aromatic carbocycles. The fourth-order valence-electron chi connectivity index (χ4n) is 2.34. The molecular weight excluding hydrogens is 248 g/mol. The van der Waals surface area contributed by atoms with Crippen LogP contribution in [0.4, 0.5) is 0 Å². The van der Waals surface area contributed by atoms with E-state index in [9.17, 15) is 4.79 Å². The Morgan fingerprint density at radius 3 is 2.89 bits per heavy atom. The molecule has 1 saturated heterocycles. The number of hydrogen-bond acceptors (Lipinski definition) is 2. The van der Waals surface area contributed by atoms with Crippen LogP contribution < -0.4 is 10.6 Å². The topological polar surface area (TPSA) is 41.1 Å². The van der Waals surface area contributed by atoms with Crippen LogP contribution in [0.3, 0.4) is 0 Å². The lowest BCUT2D eigenvalue weighted by atomic mass is 9.96. The highest BCUT2D eigenvalue weighted by Crippen LogP contribution is 2.20. The summed E-state index contributed by atoms with van der Waals surface area (Å²) in [5.41, 5.74) is 1.04. The summed E-state index contributed by atoms with van der Waals surface area (Å²) in [6.45, 7) is 5.78. The van der Waals surface area contributed by atoms with Crippen molar-refractivity contribution in [1.82, 2.24) is 10.6 Å². The number of carbonyl (C=O) groups is 1. The summed E-state index contributed by atoms with van der Waals surface area (Å²) in [5, 5.41) is 7.00. The van der Waals surface area contributed by atoms with Crippen LogP contribution in [0.5, 0.6) is 0 Å². The molecule has 1 amide bonds. The summed E-state index contributed by atoms with van der Waals surface area (Å²) >= 11 is 5.95. The van der Waals surface area contributed by atoms with E-state index in [1.807, 2.05) is 31.2 Å². The molecule has 18 heavy (non-hydrogen) atoms. The van der Waals surface area contributed by atoms with Crippen molar-refractivity contribution in [2.24, 2.45) is 11.8 Å². The number of nitrogens with one attached hydrogen (secondary N) is 2. The van der Waals surface area contributed by atoms with Gasteiger partial charge in [0, 0.05) is 11.6 Å². The first-order valence-electron chi connectivity index (χ1n) is 6.34. The van der Waals surface area contributed by atoms with Crippen molar-refractivity contribution in [3.63, 3.8) is 0 Å². The highest BCUT2D eigenvalue weighted by Gasteiger charge is 2.30. The van der Waals surface area contributed by atoms with Crippen LogP contribution in [0, 0.1) is 11.8 Å². The van der Waals surface area contributed by atoms with Crippen LogP contribution in [-0.4, -0.2) is 19.0 Å². The minimum Gasteiger partial charge on any atom is -0.349 e. The van der Waals surface area contributed by atoms with E-state index in [0.717, 1.165) is 18.7 Å². The smallest absolute Gasteiger partial charge is 0.225 e. The molecule has 0 spiro atoms. The second-order valence-corrected chi connectivity index (χ2v) is 5.46. The second kappa shape index (κ2) is 5.72. The molecule has 1 aliphatic rings. The summed E-state index contributed by atoms with van der Waals surface area (Å²) in [6, 6.07) is 7.60. The first kappa shape index (κ1) is 13.4. The van der Waals surface area contributed by atoms with Crippen molar-refractivity contribution in [2.75, 3.05) is 13.1 Å². The van der Waals surface area contributed by atoms with E-state index in [-0.39, 0.29) is 17.9 Å². The molecule has 0 bridgehead atoms. The van der Waals surface area contributed by atoms with Gasteiger partial charge in [0.15, 0.2) is 0 Å². The summed E-state index contributed by atoms with van der Waals surface area (Å²) in [6.07, 6.45) is 0. The maximum Gasteiger partial charge on any atom is 0.225 e. The molecule has 0 radical (unpaired) electrons. The van der Waals surface area contributed by atoms with Gasteiger partial charge >= 0.3 is 0 Å². The van der Waals surface area contributed by atoms with Gasteiger partial charge < -0.3 is 10.6 Å². The summed E-state index contributed by atoms with van der Waals surface area (Å²) in [4.78, 5) is 12.1. The molecule has 1 aromatic rings. The van der Waals surface area contributed by atoms with Crippen LogP contribution in [-0.2, 0) is 4.79 Å². The normalized spacial score (nSPS) is 24.8. The Kier molecular flexibility index (Phi) is 4.25. The van der Waals surface area contributed by atoms with Gasteiger partial charge in [-0.15, -0.1) is 0 Å². The number of rotatable bonds is 3. The summed E-state index contributed by atoms with van der Waals surface area (Å²) < 4.78 is 0. The van der Waals surface area contributed by atoms with E-state index in [1.54, 1.807) is 0 Å². The maximum absolute atomic E-state index is 12.1. The number of halogens is 1. The Morgan fingerprint density at radius 2 is 2.28 bits per heavy atom. The van der Waals surface area contributed by atoms with E-state index in [4.69, 9.17) is 11.6 Å². The van der Waals surface area contributed by atoms with Crippen LogP contribution in [0.2, 0.25) is 5.02 Å². The van der Waals surface area contributed by atoms with E-state index in [2.05, 4.69) is 17.6 Å². The molecular formula is C14H19ClN2O. The van der Waals surface area contributed by atoms with Crippen molar-refractivity contribution in [3.8, 4) is 0 Å². The Balaban J connectivity index is 1.98. The zero-order valence-corrected chi connectivity index (χ0v) is 11.5. The van der Waals surface area contributed by atoms with Crippen LogP contribution in [0.15, 0.2) is 24.3 Å². The van der Waals surface area contributed by atoms with Crippen LogP contribution in [0.1, 0.15) is 25.5 Å². The molecule has 4 heteroatoms. The third-order valence-corrected chi connectivity index (χ3v) is 3.80. The monoisotopic (exact) mass is 266 g/mol. The Hall–Kier alpha value is -1.06. The number of benzene rings is 1. The number of hydrogen-bond donors (Lipinski definition) is 2. The molecule has 3 nitrogen and oxygen atoms in total. The van der Waals surface area contributed by atoms with Crippen molar-refractivity contribution < 1.29 is 4.79 Å². The molecule has 0 saturated carbocycles. The highest BCUT2D eigenvalue weighted by molar-refractivity contribution is 6.30. The van der Waals surface area contributed by atoms with Gasteiger partial charge in [-0.2, -0.15) is 0 Å². The Labute approximate surface area is 113 Å². The standard InChI is InChI=1S/C14H19ClN2O/c1-9-7-16-8-13(9)14(18)17-10(2)11-4-3-5-12(15)6-11/h3-6,9-10,13,16H,7-8H2,1-2H3,(H,17,18)/t9-,10?,13-/m1/s1. The van der Waals surface area contributed by atoms with Crippen molar-refractivity contribution in [1.29, 1.82) is 0 Å². The Morgan fingerprint density at radius 1 is 1.50 bits per heavy atom. The first-order valence-corrected chi connectivity index (χ1v) is 6.72. The maximum atomic E-state index is 12.1. The molecule has 0 aromatic heterocycles. The highest BCUT2D eigenvalue weighted by atomic mass is 35.5. The zero-order valence-electron chi connectivity index (χ0n) is 10.7. The van der Waals surface area contributed by atoms with Gasteiger partial charge in [0.25, 0.3) is 0 Å². The van der Waals surface area contributed by atoms with E-state index in [0.29, 0.717) is 10.9 Å². The molecule has 0 aliphatic carbocycles. The SMILES string of the molecule is CC(NC(=O)[C@@H]1CNC[C@H]1C)c1cccc(Cl)c1. The predicted molar refractivity (Wildman–Crippen MR) is 73.5 cm³/mol. The minimum absolute atomic E-state index is 0.0102. The fourth-order valence-corrected chi connectivity index (χ4v) is 2.54. The summed E-state index contributed by atoms with van der Waals surface area (Å²) in [7, 11) is 0. The van der Waals surface area contributed by atoms with Crippen molar-refractivity contribution in [3.05, 3.63) is 34.9 Å². The predicted octanol–water partition coefficient (Wildman–Crippen LogP) is 2.37. The molecule has 1 heterocycles. The second-order valence-electron chi connectivity index (χ2n) is 5.03. The lowest BCUT2D eigenvalue weighted by Gasteiger charge is -2.19. The van der Waals surface area contributed by atoms with Crippen LogP contribution in [0.25, 0.3) is 0 Å². The first-order chi connectivity index (χ1) is 8.58. The minimum atomic E-state index is -0.0102. The quantitative estimate of drug-likeness (QED) is 0.882. The van der Waals surface area contributed by atoms with Crippen LogP contribution >= 0.6 is 11.6 Å². The number of carbonyl (C=O) groups excluding carboxylic acids is 1. The molecule has 1 aliphatic heterocycles. The average Bonchev–Trinajstić information content (AvgIpc) is 2.75. The third kappa shape index (κ3) is 3.03. The molecule has 2 N–H and O–H groups in total. The molecule has 3 atom stereocenters. The average molecular weight is 267 g/mol. The van der Waals surface area contributed by atoms with Crippen molar-refractivity contribution in [2.45, 2.75) is 19.9 Å². The van der Waals surface area contributed by atoms with Gasteiger partial charge in [0.1, 0.15) is 0 Å². The summed E-state index contributed by atoms with van der Waals surface area (Å²) in [5.74, 6) is 0.600. The van der Waals surface area contributed by atoms with E-state index >= 15 is 0 Å². The lowest BCUT2D eigenvalue weighted by molar-refractivity contribution is -0.126. The van der Waals surface area contributed by atoms with E-state index < -0.39 is 0 Å². The van der Waals surface area contributed by atoms with Crippen molar-refractivity contribution >= 4 is 17.5 Å². The molecule has 2 rings (SSSR count). The van der Waals surface area contributed by atoms with E-state index in [1.165, 1.54) is 0 Å². The van der Waals surface area contributed by atoms with Gasteiger partial charge in [0.05, 0.1) is 12.0 Å². The fraction of sp³-hybridized carbons (Fsp3) is 0.500. The molecule has 1 fully saturated rings.